The summed E-state index contributed by atoms with van der Waals surface area (Å²) in [6.07, 6.45) is 4.88. The van der Waals surface area contributed by atoms with Crippen molar-refractivity contribution in [2.24, 2.45) is 0 Å². The fourth-order valence-electron chi connectivity index (χ4n) is 4.90. The van der Waals surface area contributed by atoms with Crippen LogP contribution in [-0.2, 0) is 0 Å². The van der Waals surface area contributed by atoms with Gasteiger partial charge in [-0.05, 0) is 44.0 Å². The molecule has 0 bridgehead atoms. The summed E-state index contributed by atoms with van der Waals surface area (Å²) in [5.74, 6) is 2.13. The second-order valence-electron chi connectivity index (χ2n) is 9.72. The van der Waals surface area contributed by atoms with Crippen molar-refractivity contribution in [2.45, 2.75) is 46.0 Å². The van der Waals surface area contributed by atoms with Crippen LogP contribution in [0.5, 0.6) is 0 Å². The maximum Gasteiger partial charge on any atom is 0.253 e. The van der Waals surface area contributed by atoms with Gasteiger partial charge in [0, 0.05) is 37.7 Å². The van der Waals surface area contributed by atoms with Crippen molar-refractivity contribution in [1.29, 1.82) is 0 Å². The molecule has 2 aromatic carbocycles. The molecule has 1 fully saturated rings. The number of carbonyl (C=O) groups is 1. The molecule has 1 amide bonds. The molecule has 7 nitrogen and oxygen atoms in total. The van der Waals surface area contributed by atoms with Crippen LogP contribution >= 0.6 is 0 Å². The molecule has 3 heterocycles. The Morgan fingerprint density at radius 3 is 2.50 bits per heavy atom. The van der Waals surface area contributed by atoms with E-state index in [2.05, 4.69) is 18.7 Å². The molecule has 1 saturated heterocycles. The smallest absolute Gasteiger partial charge is 0.253 e. The molecular weight excluding hydrogens is 448 g/mol. The Kier molecular flexibility index (Phi) is 6.98. The number of hydrogen-bond acceptors (Lipinski definition) is 5. The maximum absolute atomic E-state index is 13.2. The van der Waals surface area contributed by atoms with Crippen molar-refractivity contribution in [2.75, 3.05) is 31.1 Å². The lowest BCUT2D eigenvalue weighted by Gasteiger charge is -2.24. The first-order valence-corrected chi connectivity index (χ1v) is 13.0. The van der Waals surface area contributed by atoms with Gasteiger partial charge >= 0.3 is 0 Å². The Morgan fingerprint density at radius 1 is 0.972 bits per heavy atom. The second-order valence-corrected chi connectivity index (χ2v) is 9.72. The summed E-state index contributed by atoms with van der Waals surface area (Å²) in [6.45, 7) is 9.38. The van der Waals surface area contributed by atoms with Gasteiger partial charge in [-0.15, -0.1) is 0 Å². The summed E-state index contributed by atoms with van der Waals surface area (Å²) >= 11 is 0. The number of fused-ring (bicyclic) bond motifs is 1. The first kappa shape index (κ1) is 24.0. The van der Waals surface area contributed by atoms with E-state index in [0.717, 1.165) is 78.4 Å². The molecule has 5 rings (SSSR count). The van der Waals surface area contributed by atoms with E-state index in [-0.39, 0.29) is 11.8 Å². The molecule has 4 aromatic rings. The highest BCUT2D eigenvalue weighted by atomic mass is 16.2. The van der Waals surface area contributed by atoms with Crippen LogP contribution < -0.4 is 4.90 Å². The van der Waals surface area contributed by atoms with Crippen LogP contribution in [0, 0.1) is 6.92 Å². The molecule has 0 saturated carbocycles. The molecule has 2 aromatic heterocycles. The fourth-order valence-corrected chi connectivity index (χ4v) is 4.90. The third-order valence-corrected chi connectivity index (χ3v) is 6.97. The monoisotopic (exact) mass is 482 g/mol. The van der Waals surface area contributed by atoms with Crippen molar-refractivity contribution in [3.63, 3.8) is 0 Å². The van der Waals surface area contributed by atoms with Gasteiger partial charge in [-0.1, -0.05) is 56.2 Å². The number of rotatable bonds is 6. The van der Waals surface area contributed by atoms with Crippen LogP contribution in [-0.4, -0.2) is 56.7 Å². The molecule has 1 aliphatic rings. The van der Waals surface area contributed by atoms with E-state index in [1.54, 1.807) is 0 Å². The lowest BCUT2D eigenvalue weighted by Crippen LogP contribution is -2.35. The van der Waals surface area contributed by atoms with Gasteiger partial charge in [-0.2, -0.15) is 5.10 Å². The third-order valence-electron chi connectivity index (χ3n) is 6.97. The summed E-state index contributed by atoms with van der Waals surface area (Å²) in [5, 5.41) is 5.65. The molecule has 1 aliphatic heterocycles. The Labute approximate surface area is 212 Å². The first-order chi connectivity index (χ1) is 17.5. The van der Waals surface area contributed by atoms with E-state index in [0.29, 0.717) is 6.54 Å². The Balaban J connectivity index is 1.47. The molecule has 0 unspecified atom stereocenters. The Bertz CT molecular complexity index is 1330. The normalized spacial score (nSPS) is 15.2. The predicted octanol–water partition coefficient (Wildman–Crippen LogP) is 5.38. The molecule has 0 radical (unpaired) electrons. The van der Waals surface area contributed by atoms with E-state index >= 15 is 0 Å². The highest BCUT2D eigenvalue weighted by Crippen LogP contribution is 2.30. The first-order valence-electron chi connectivity index (χ1n) is 13.0. The van der Waals surface area contributed by atoms with Crippen LogP contribution in [0.2, 0.25) is 0 Å². The molecule has 186 valence electrons. The SMILES string of the molecule is CCC[C@@H](C)c1nc(N2CCCN(C(=O)c3ccc(C)cc3)CC2)c2cnn(-c3ccccc3)c2n1. The highest BCUT2D eigenvalue weighted by molar-refractivity contribution is 5.94. The molecule has 7 heteroatoms. The average Bonchev–Trinajstić information content (AvgIpc) is 3.18. The Morgan fingerprint density at radius 2 is 1.75 bits per heavy atom. The largest absolute Gasteiger partial charge is 0.354 e. The topological polar surface area (TPSA) is 67.2 Å². The minimum Gasteiger partial charge on any atom is -0.354 e. The van der Waals surface area contributed by atoms with E-state index in [1.165, 1.54) is 0 Å². The summed E-state index contributed by atoms with van der Waals surface area (Å²) < 4.78 is 1.91. The summed E-state index contributed by atoms with van der Waals surface area (Å²) in [6, 6.07) is 18.0. The molecule has 1 atom stereocenters. The molecule has 36 heavy (non-hydrogen) atoms. The minimum atomic E-state index is 0.0961. The molecule has 0 N–H and O–H groups in total. The van der Waals surface area contributed by atoms with Gasteiger partial charge in [0.15, 0.2) is 5.65 Å². The summed E-state index contributed by atoms with van der Waals surface area (Å²) in [5.41, 5.74) is 3.72. The van der Waals surface area contributed by atoms with Crippen LogP contribution in [0.3, 0.4) is 0 Å². The van der Waals surface area contributed by atoms with Crippen molar-refractivity contribution >= 4 is 22.8 Å². The highest BCUT2D eigenvalue weighted by Gasteiger charge is 2.25. The van der Waals surface area contributed by atoms with Crippen LogP contribution in [0.25, 0.3) is 16.7 Å². The van der Waals surface area contributed by atoms with Crippen molar-refractivity contribution < 1.29 is 4.79 Å². The van der Waals surface area contributed by atoms with Gasteiger partial charge in [-0.3, -0.25) is 4.79 Å². The number of para-hydroxylation sites is 1. The van der Waals surface area contributed by atoms with Crippen molar-refractivity contribution in [1.82, 2.24) is 24.6 Å². The van der Waals surface area contributed by atoms with E-state index in [9.17, 15) is 4.79 Å². The maximum atomic E-state index is 13.2. The average molecular weight is 483 g/mol. The minimum absolute atomic E-state index is 0.0961. The number of nitrogens with zero attached hydrogens (tertiary/aromatic N) is 6. The number of anilines is 1. The second kappa shape index (κ2) is 10.5. The molecular formula is C29H34N6O. The molecule has 0 spiro atoms. The van der Waals surface area contributed by atoms with E-state index < -0.39 is 0 Å². The van der Waals surface area contributed by atoms with Crippen LogP contribution in [0.1, 0.15) is 60.8 Å². The van der Waals surface area contributed by atoms with Gasteiger partial charge < -0.3 is 9.80 Å². The van der Waals surface area contributed by atoms with E-state index in [1.807, 2.05) is 77.3 Å². The standard InChI is InChI=1S/C29H34N6O/c1-4-9-22(3)26-31-27(25-20-30-35(28(25)32-26)24-10-6-5-7-11-24)33-16-8-17-34(19-18-33)29(36)23-14-12-21(2)13-15-23/h5-7,10-15,20,22H,4,8-9,16-19H2,1-3H3/t22-/m1/s1. The number of aromatic nitrogens is 4. The van der Waals surface area contributed by atoms with Gasteiger partial charge in [0.25, 0.3) is 5.91 Å². The van der Waals surface area contributed by atoms with Crippen LogP contribution in [0.15, 0.2) is 60.8 Å². The number of benzene rings is 2. The summed E-state index contributed by atoms with van der Waals surface area (Å²) in [7, 11) is 0. The van der Waals surface area contributed by atoms with Gasteiger partial charge in [0.2, 0.25) is 0 Å². The van der Waals surface area contributed by atoms with Gasteiger partial charge in [-0.25, -0.2) is 14.6 Å². The third kappa shape index (κ3) is 4.83. The number of hydrogen-bond donors (Lipinski definition) is 0. The van der Waals surface area contributed by atoms with Gasteiger partial charge in [0.1, 0.15) is 11.6 Å². The van der Waals surface area contributed by atoms with Crippen molar-refractivity contribution in [3.8, 4) is 5.69 Å². The van der Waals surface area contributed by atoms with E-state index in [4.69, 9.17) is 15.1 Å². The van der Waals surface area contributed by atoms with Crippen molar-refractivity contribution in [3.05, 3.63) is 77.7 Å². The Hall–Kier alpha value is -3.74. The van der Waals surface area contributed by atoms with Crippen LogP contribution in [0.4, 0.5) is 5.82 Å². The predicted molar refractivity (Wildman–Crippen MR) is 144 cm³/mol. The summed E-state index contributed by atoms with van der Waals surface area (Å²) in [4.78, 5) is 27.5. The lowest BCUT2D eigenvalue weighted by atomic mass is 10.1. The quantitative estimate of drug-likeness (QED) is 0.369. The number of amides is 1. The lowest BCUT2D eigenvalue weighted by molar-refractivity contribution is 0.0767. The zero-order valence-electron chi connectivity index (χ0n) is 21.4. The zero-order chi connectivity index (χ0) is 25.1. The number of aryl methyl sites for hydroxylation is 1. The molecule has 0 aliphatic carbocycles. The number of carbonyl (C=O) groups excluding carboxylic acids is 1. The fraction of sp³-hybridized carbons (Fsp3) is 0.379. The van der Waals surface area contributed by atoms with Gasteiger partial charge in [0.05, 0.1) is 17.3 Å². The zero-order valence-corrected chi connectivity index (χ0v) is 21.4.